The van der Waals surface area contributed by atoms with Crippen LogP contribution in [0, 0.1) is 0 Å². The van der Waals surface area contributed by atoms with Gasteiger partial charge in [-0.2, -0.15) is 13.2 Å². The van der Waals surface area contributed by atoms with Crippen LogP contribution in [0.3, 0.4) is 0 Å². The van der Waals surface area contributed by atoms with Crippen LogP contribution < -0.4 is 10.5 Å². The molecule has 114 valence electrons. The first-order valence-corrected chi connectivity index (χ1v) is 7.52. The van der Waals surface area contributed by atoms with Crippen LogP contribution in [0.15, 0.2) is 23.1 Å². The first-order valence-electron chi connectivity index (χ1n) is 5.66. The standard InChI is InChI=1S/C11H14ClF3N2O2S/c1-7(16)4-5-17-20(18,19)8-2-3-10(12)9(6-8)11(13,14)15/h2-3,6-7,17H,4-5,16H2,1H3. The number of sulfonamides is 1. The summed E-state index contributed by atoms with van der Waals surface area (Å²) in [4.78, 5) is -0.487. The van der Waals surface area contributed by atoms with Gasteiger partial charge < -0.3 is 5.73 Å². The van der Waals surface area contributed by atoms with E-state index in [0.717, 1.165) is 12.1 Å². The Morgan fingerprint density at radius 1 is 1.40 bits per heavy atom. The highest BCUT2D eigenvalue weighted by molar-refractivity contribution is 7.89. The normalized spacial score (nSPS) is 14.3. The highest BCUT2D eigenvalue weighted by Crippen LogP contribution is 2.35. The highest BCUT2D eigenvalue weighted by Gasteiger charge is 2.34. The van der Waals surface area contributed by atoms with Gasteiger partial charge in [-0.1, -0.05) is 11.6 Å². The number of hydrogen-bond donors (Lipinski definition) is 2. The molecule has 3 N–H and O–H groups in total. The van der Waals surface area contributed by atoms with Crippen molar-refractivity contribution < 1.29 is 21.6 Å². The van der Waals surface area contributed by atoms with E-state index in [-0.39, 0.29) is 12.6 Å². The van der Waals surface area contributed by atoms with E-state index in [0.29, 0.717) is 12.5 Å². The molecule has 0 saturated heterocycles. The molecule has 0 heterocycles. The summed E-state index contributed by atoms with van der Waals surface area (Å²) in [6.07, 6.45) is -4.34. The summed E-state index contributed by atoms with van der Waals surface area (Å²) in [6, 6.07) is 2.22. The Hall–Kier alpha value is -0.830. The molecule has 0 aromatic heterocycles. The molecule has 1 rings (SSSR count). The maximum absolute atomic E-state index is 12.7. The van der Waals surface area contributed by atoms with Crippen LogP contribution in [-0.4, -0.2) is 21.0 Å². The number of nitrogens with two attached hydrogens (primary N) is 1. The highest BCUT2D eigenvalue weighted by atomic mass is 35.5. The first-order chi connectivity index (χ1) is 9.04. The third-order valence-corrected chi connectivity index (χ3v) is 4.23. The van der Waals surface area contributed by atoms with Gasteiger partial charge >= 0.3 is 6.18 Å². The summed E-state index contributed by atoms with van der Waals surface area (Å²) in [5.41, 5.74) is 4.27. The first kappa shape index (κ1) is 17.2. The second-order valence-corrected chi connectivity index (χ2v) is 6.48. The Morgan fingerprint density at radius 2 is 2.00 bits per heavy atom. The number of hydrogen-bond acceptors (Lipinski definition) is 3. The average Bonchev–Trinajstić information content (AvgIpc) is 2.26. The predicted octanol–water partition coefficient (Wildman–Crippen LogP) is 2.37. The molecule has 0 aliphatic heterocycles. The van der Waals surface area contributed by atoms with E-state index in [9.17, 15) is 21.6 Å². The summed E-state index contributed by atoms with van der Waals surface area (Å²) in [6.45, 7) is 1.74. The number of alkyl halides is 3. The maximum Gasteiger partial charge on any atom is 0.417 e. The number of halogens is 4. The number of nitrogens with one attached hydrogen (secondary N) is 1. The largest absolute Gasteiger partial charge is 0.417 e. The summed E-state index contributed by atoms with van der Waals surface area (Å²) in [7, 11) is -4.02. The molecule has 0 aliphatic rings. The molecule has 1 aromatic carbocycles. The lowest BCUT2D eigenvalue weighted by molar-refractivity contribution is -0.137. The fourth-order valence-corrected chi connectivity index (χ4v) is 2.69. The molecule has 1 unspecified atom stereocenters. The van der Waals surface area contributed by atoms with E-state index in [1.807, 2.05) is 0 Å². The quantitative estimate of drug-likeness (QED) is 0.870. The molecule has 0 radical (unpaired) electrons. The third-order valence-electron chi connectivity index (χ3n) is 2.45. The van der Waals surface area contributed by atoms with Crippen LogP contribution in [0.1, 0.15) is 18.9 Å². The van der Waals surface area contributed by atoms with E-state index < -0.39 is 31.7 Å². The Balaban J connectivity index is 3.02. The van der Waals surface area contributed by atoms with Crippen molar-refractivity contribution in [2.24, 2.45) is 5.73 Å². The van der Waals surface area contributed by atoms with Gasteiger partial charge in [0, 0.05) is 12.6 Å². The van der Waals surface area contributed by atoms with E-state index >= 15 is 0 Å². The molecule has 0 aliphatic carbocycles. The smallest absolute Gasteiger partial charge is 0.328 e. The van der Waals surface area contributed by atoms with E-state index in [1.165, 1.54) is 0 Å². The van der Waals surface area contributed by atoms with E-state index in [4.69, 9.17) is 17.3 Å². The molecule has 9 heteroatoms. The van der Waals surface area contributed by atoms with E-state index in [1.54, 1.807) is 6.92 Å². The van der Waals surface area contributed by atoms with Crippen molar-refractivity contribution in [3.63, 3.8) is 0 Å². The van der Waals surface area contributed by atoms with Crippen molar-refractivity contribution in [2.75, 3.05) is 6.54 Å². The summed E-state index contributed by atoms with van der Waals surface area (Å²) < 4.78 is 63.8. The number of rotatable bonds is 5. The molecule has 4 nitrogen and oxygen atoms in total. The SMILES string of the molecule is CC(N)CCNS(=O)(=O)c1ccc(Cl)c(C(F)(F)F)c1. The number of benzene rings is 1. The zero-order chi connectivity index (χ0) is 15.6. The van der Waals surface area contributed by atoms with Crippen LogP contribution >= 0.6 is 11.6 Å². The topological polar surface area (TPSA) is 72.2 Å². The lowest BCUT2D eigenvalue weighted by Crippen LogP contribution is -2.29. The zero-order valence-electron chi connectivity index (χ0n) is 10.5. The van der Waals surface area contributed by atoms with Crippen molar-refractivity contribution in [1.82, 2.24) is 4.72 Å². The van der Waals surface area contributed by atoms with Gasteiger partial charge in [0.15, 0.2) is 0 Å². The molecule has 1 atom stereocenters. The molecule has 0 amide bonds. The molecule has 0 spiro atoms. The molecule has 0 bridgehead atoms. The fourth-order valence-electron chi connectivity index (χ4n) is 1.39. The lowest BCUT2D eigenvalue weighted by Gasteiger charge is -2.12. The summed E-state index contributed by atoms with van der Waals surface area (Å²) in [5.74, 6) is 0. The lowest BCUT2D eigenvalue weighted by atomic mass is 10.2. The van der Waals surface area contributed by atoms with Crippen molar-refractivity contribution in [3.8, 4) is 0 Å². The molecule has 0 fully saturated rings. The molecule has 20 heavy (non-hydrogen) atoms. The van der Waals surface area contributed by atoms with Crippen LogP contribution in [-0.2, 0) is 16.2 Å². The Labute approximate surface area is 120 Å². The second-order valence-electron chi connectivity index (χ2n) is 4.30. The van der Waals surface area contributed by atoms with E-state index in [2.05, 4.69) is 4.72 Å². The molecule has 1 aromatic rings. The Morgan fingerprint density at radius 3 is 2.50 bits per heavy atom. The average molecular weight is 331 g/mol. The monoisotopic (exact) mass is 330 g/mol. The Bertz CT molecular complexity index is 574. The van der Waals surface area contributed by atoms with Crippen molar-refractivity contribution in [3.05, 3.63) is 28.8 Å². The van der Waals surface area contributed by atoms with Crippen LogP contribution in [0.5, 0.6) is 0 Å². The van der Waals surface area contributed by atoms with Crippen molar-refractivity contribution >= 4 is 21.6 Å². The van der Waals surface area contributed by atoms with Crippen LogP contribution in [0.4, 0.5) is 13.2 Å². The van der Waals surface area contributed by atoms with Gasteiger partial charge in [-0.3, -0.25) is 0 Å². The van der Waals surface area contributed by atoms with Gasteiger partial charge in [-0.15, -0.1) is 0 Å². The maximum atomic E-state index is 12.7. The van der Waals surface area contributed by atoms with Gasteiger partial charge in [-0.25, -0.2) is 13.1 Å². The molecule has 0 saturated carbocycles. The zero-order valence-corrected chi connectivity index (χ0v) is 12.1. The van der Waals surface area contributed by atoms with Crippen LogP contribution in [0.25, 0.3) is 0 Å². The summed E-state index contributed by atoms with van der Waals surface area (Å²) in [5, 5.41) is -0.549. The second kappa shape index (κ2) is 6.30. The van der Waals surface area contributed by atoms with Gasteiger partial charge in [0.1, 0.15) is 0 Å². The summed E-state index contributed by atoms with van der Waals surface area (Å²) >= 11 is 5.43. The van der Waals surface area contributed by atoms with Crippen molar-refractivity contribution in [2.45, 2.75) is 30.5 Å². The molecular weight excluding hydrogens is 317 g/mol. The Kier molecular flexibility index (Phi) is 5.42. The van der Waals surface area contributed by atoms with Gasteiger partial charge in [0.2, 0.25) is 10.0 Å². The van der Waals surface area contributed by atoms with Crippen LogP contribution in [0.2, 0.25) is 5.02 Å². The third kappa shape index (κ3) is 4.62. The minimum Gasteiger partial charge on any atom is -0.328 e. The predicted molar refractivity (Wildman–Crippen MR) is 69.9 cm³/mol. The fraction of sp³-hybridized carbons (Fsp3) is 0.455. The van der Waals surface area contributed by atoms with Gasteiger partial charge in [0.25, 0.3) is 0 Å². The van der Waals surface area contributed by atoms with Gasteiger partial charge in [0.05, 0.1) is 15.5 Å². The molecular formula is C11H14ClF3N2O2S. The van der Waals surface area contributed by atoms with Gasteiger partial charge in [-0.05, 0) is 31.5 Å². The minimum atomic E-state index is -4.71. The van der Waals surface area contributed by atoms with Crippen molar-refractivity contribution in [1.29, 1.82) is 0 Å². The minimum absolute atomic E-state index is 0.0456.